The van der Waals surface area contributed by atoms with Gasteiger partial charge in [0.15, 0.2) is 11.5 Å². The van der Waals surface area contributed by atoms with E-state index >= 15 is 0 Å². The predicted octanol–water partition coefficient (Wildman–Crippen LogP) is 4.48. The average Bonchev–Trinajstić information content (AvgIpc) is 3.85. The topological polar surface area (TPSA) is 160 Å². The number of methoxy groups -OCH3 is 1. The van der Waals surface area contributed by atoms with E-state index in [1.165, 1.54) is 7.11 Å². The molecule has 0 aliphatic carbocycles. The molecule has 4 amide bonds. The van der Waals surface area contributed by atoms with Crippen LogP contribution in [0, 0.1) is 0 Å². The van der Waals surface area contributed by atoms with Gasteiger partial charge < -0.3 is 44.8 Å². The Hall–Kier alpha value is -6.15. The lowest BCUT2D eigenvalue weighted by molar-refractivity contribution is -0.116. The van der Waals surface area contributed by atoms with Gasteiger partial charge in [-0.25, -0.2) is 0 Å². The molecule has 0 fully saturated rings. The fraction of sp³-hybridized carbons (Fsp3) is 0.289. The number of rotatable bonds is 14. The minimum atomic E-state index is -0.331. The number of ether oxygens (including phenoxy) is 2. The van der Waals surface area contributed by atoms with Gasteiger partial charge in [0.1, 0.15) is 11.4 Å². The number of aromatic nitrogens is 2. The summed E-state index contributed by atoms with van der Waals surface area (Å²) >= 11 is 0. The molecule has 14 nitrogen and oxygen atoms in total. The van der Waals surface area contributed by atoms with Crippen molar-refractivity contribution in [3.63, 3.8) is 0 Å². The molecule has 14 heteroatoms. The van der Waals surface area contributed by atoms with E-state index in [0.717, 1.165) is 17.5 Å². The van der Waals surface area contributed by atoms with Crippen molar-refractivity contribution in [2.45, 2.75) is 25.3 Å². The zero-order valence-corrected chi connectivity index (χ0v) is 29.6. The Morgan fingerprint density at radius 2 is 1.65 bits per heavy atom. The Labute approximate surface area is 301 Å². The molecule has 0 saturated heterocycles. The lowest BCUT2D eigenvalue weighted by Crippen LogP contribution is -2.32. The summed E-state index contributed by atoms with van der Waals surface area (Å²) in [5.74, 6) is -0.00693. The van der Waals surface area contributed by atoms with Crippen molar-refractivity contribution < 1.29 is 28.7 Å². The van der Waals surface area contributed by atoms with Gasteiger partial charge in [-0.05, 0) is 55.8 Å². The Morgan fingerprint density at radius 1 is 0.885 bits per heavy atom. The number of aliphatic imine (C=N–C) groups is 1. The molecule has 4 N–H and O–H groups in total. The summed E-state index contributed by atoms with van der Waals surface area (Å²) < 4.78 is 14.9. The van der Waals surface area contributed by atoms with Crippen LogP contribution in [0.5, 0.6) is 11.5 Å². The lowest BCUT2D eigenvalue weighted by Gasteiger charge is -2.19. The molecule has 4 aromatic rings. The maximum atomic E-state index is 13.1. The number of likely N-dealkylation sites (N-methyl/N-ethyl adjacent to an activating group) is 1. The fourth-order valence-electron chi connectivity index (χ4n) is 6.07. The molecular weight excluding hydrogens is 664 g/mol. The van der Waals surface area contributed by atoms with E-state index in [-0.39, 0.29) is 42.7 Å². The second-order valence-corrected chi connectivity index (χ2v) is 12.5. The zero-order chi connectivity index (χ0) is 36.8. The van der Waals surface area contributed by atoms with Crippen molar-refractivity contribution in [2.24, 2.45) is 19.1 Å². The van der Waals surface area contributed by atoms with Gasteiger partial charge in [-0.2, -0.15) is 0 Å². The number of hydrogen-bond acceptors (Lipinski definition) is 8. The molecule has 0 unspecified atom stereocenters. The summed E-state index contributed by atoms with van der Waals surface area (Å²) in [6.45, 7) is 1.44. The first-order valence-corrected chi connectivity index (χ1v) is 17.0. The highest BCUT2D eigenvalue weighted by Crippen LogP contribution is 2.38. The van der Waals surface area contributed by atoms with Crippen LogP contribution in [0.4, 0.5) is 17.1 Å². The highest BCUT2D eigenvalue weighted by Gasteiger charge is 2.30. The molecule has 0 bridgehead atoms. The number of nitrogens with one attached hydrogen (secondary N) is 4. The highest BCUT2D eigenvalue weighted by atomic mass is 16.5. The van der Waals surface area contributed by atoms with Crippen LogP contribution >= 0.6 is 0 Å². The van der Waals surface area contributed by atoms with Crippen LogP contribution in [0.2, 0.25) is 0 Å². The maximum Gasteiger partial charge on any atom is 0.272 e. The first-order chi connectivity index (χ1) is 25.1. The number of fused-ring (bicyclic) bond motifs is 2. The van der Waals surface area contributed by atoms with Crippen LogP contribution in [0.3, 0.4) is 0 Å². The molecule has 6 rings (SSSR count). The van der Waals surface area contributed by atoms with Gasteiger partial charge in [-0.1, -0.05) is 18.2 Å². The third-order valence-corrected chi connectivity index (χ3v) is 8.83. The van der Waals surface area contributed by atoms with Crippen molar-refractivity contribution in [2.75, 3.05) is 44.5 Å². The van der Waals surface area contributed by atoms with E-state index in [2.05, 4.69) is 26.3 Å². The molecule has 0 radical (unpaired) electrons. The number of nitrogens with zero attached hydrogens (tertiary/aromatic N) is 4. The van der Waals surface area contributed by atoms with E-state index in [4.69, 9.17) is 9.47 Å². The zero-order valence-electron chi connectivity index (χ0n) is 29.6. The second-order valence-electron chi connectivity index (χ2n) is 12.5. The van der Waals surface area contributed by atoms with E-state index in [0.29, 0.717) is 65.0 Å². The number of carbonyl (C=O) groups excluding carboxylic acids is 4. The van der Waals surface area contributed by atoms with Crippen molar-refractivity contribution >= 4 is 46.9 Å². The van der Waals surface area contributed by atoms with E-state index in [1.807, 2.05) is 44.6 Å². The van der Waals surface area contributed by atoms with Crippen molar-refractivity contribution in [1.29, 1.82) is 0 Å². The van der Waals surface area contributed by atoms with Crippen LogP contribution < -0.4 is 30.7 Å². The van der Waals surface area contributed by atoms with Crippen molar-refractivity contribution in [3.05, 3.63) is 90.2 Å². The Morgan fingerprint density at radius 3 is 2.42 bits per heavy atom. The third-order valence-electron chi connectivity index (χ3n) is 8.83. The van der Waals surface area contributed by atoms with Gasteiger partial charge in [-0.3, -0.25) is 24.2 Å². The molecule has 2 aromatic carbocycles. The molecule has 2 aliphatic heterocycles. The smallest absolute Gasteiger partial charge is 0.272 e. The van der Waals surface area contributed by atoms with Crippen LogP contribution in [0.1, 0.15) is 50.6 Å². The summed E-state index contributed by atoms with van der Waals surface area (Å²) in [7, 11) is 6.90. The number of anilines is 2. The van der Waals surface area contributed by atoms with Gasteiger partial charge in [0.2, 0.25) is 5.91 Å². The molecule has 1 atom stereocenters. The molecular formula is C38H42N8O6. The molecule has 2 aromatic heterocycles. The third kappa shape index (κ3) is 7.92. The molecule has 0 saturated carbocycles. The lowest BCUT2D eigenvalue weighted by atomic mass is 10.1. The van der Waals surface area contributed by atoms with Gasteiger partial charge in [0, 0.05) is 75.7 Å². The van der Waals surface area contributed by atoms with Gasteiger partial charge in [-0.15, -0.1) is 0 Å². The number of benzene rings is 2. The summed E-state index contributed by atoms with van der Waals surface area (Å²) in [4.78, 5) is 57.7. The molecule has 4 heterocycles. The summed E-state index contributed by atoms with van der Waals surface area (Å²) in [6, 6.07) is 14.0. The number of aryl methyl sites for hydroxylation is 2. The first-order valence-electron chi connectivity index (χ1n) is 17.0. The van der Waals surface area contributed by atoms with E-state index < -0.39 is 0 Å². The largest absolute Gasteiger partial charge is 0.493 e. The molecule has 0 spiro atoms. The average molecular weight is 707 g/mol. The summed E-state index contributed by atoms with van der Waals surface area (Å²) in [5.41, 5.74) is 4.74. The van der Waals surface area contributed by atoms with Crippen LogP contribution in [0.25, 0.3) is 11.1 Å². The van der Waals surface area contributed by atoms with Gasteiger partial charge in [0.25, 0.3) is 17.7 Å². The monoisotopic (exact) mass is 706 g/mol. The molecule has 2 aliphatic rings. The fourth-order valence-corrected chi connectivity index (χ4v) is 6.07. The quantitative estimate of drug-likeness (QED) is 0.141. The second kappa shape index (κ2) is 15.8. The summed E-state index contributed by atoms with van der Waals surface area (Å²) in [5, 5.41) is 11.6. The summed E-state index contributed by atoms with van der Waals surface area (Å²) in [6.07, 6.45) is 10.4. The predicted molar refractivity (Wildman–Crippen MR) is 199 cm³/mol. The van der Waals surface area contributed by atoms with E-state index in [9.17, 15) is 19.2 Å². The molecule has 52 heavy (non-hydrogen) atoms. The number of hydrogen-bond donors (Lipinski definition) is 4. The number of carbonyl (C=O) groups is 4. The normalized spacial score (nSPS) is 14.4. The van der Waals surface area contributed by atoms with Gasteiger partial charge in [0.05, 0.1) is 36.7 Å². The Kier molecular flexibility index (Phi) is 10.8. The SMILES string of the molecule is CNCCNC(=O)c1cc(-c2ccc(NC(=O)c3cc(NC(=O)CCCOc4cc5c(cc4OC)C(=O)N4C=CC[C@@H]4C=N5)cn3C)cc2)cn1C. The standard InChI is InChI=1S/C38H42N8O6/c1-39-13-14-40-36(48)31-17-25(22-44(31)2)24-9-11-26(12-10-24)43-37(49)32-18-27(23-45(32)3)42-35(47)8-6-16-52-34-20-30-29(19-33(34)51-4)38(50)46-15-5-7-28(46)21-41-30/h5,9-12,15,17-23,28,39H,6-8,13-14,16H2,1-4H3,(H,40,48)(H,42,47)(H,43,49)/t28-/m1/s1. The van der Waals surface area contributed by atoms with Gasteiger partial charge >= 0.3 is 0 Å². The highest BCUT2D eigenvalue weighted by molar-refractivity contribution is 6.05. The van der Waals surface area contributed by atoms with Crippen LogP contribution in [0.15, 0.2) is 78.2 Å². The van der Waals surface area contributed by atoms with E-state index in [1.54, 1.807) is 70.0 Å². The Balaban J connectivity index is 0.990. The van der Waals surface area contributed by atoms with Crippen LogP contribution in [-0.2, 0) is 18.9 Å². The Bertz CT molecular complexity index is 2040. The minimum absolute atomic E-state index is 0.104. The molecule has 270 valence electrons. The van der Waals surface area contributed by atoms with Crippen molar-refractivity contribution in [3.8, 4) is 22.6 Å². The minimum Gasteiger partial charge on any atom is -0.493 e. The van der Waals surface area contributed by atoms with Crippen molar-refractivity contribution in [1.82, 2.24) is 24.7 Å². The maximum absolute atomic E-state index is 13.1. The first kappa shape index (κ1) is 35.7. The number of amides is 4. The van der Waals surface area contributed by atoms with Crippen LogP contribution in [-0.4, -0.2) is 83.8 Å².